The summed E-state index contributed by atoms with van der Waals surface area (Å²) >= 11 is 0. The lowest BCUT2D eigenvalue weighted by molar-refractivity contribution is 0.131. The van der Waals surface area contributed by atoms with Gasteiger partial charge in [-0.3, -0.25) is 0 Å². The molecule has 0 bridgehead atoms. The normalized spacial score (nSPS) is 22.3. The van der Waals surface area contributed by atoms with E-state index in [4.69, 9.17) is 4.74 Å². The number of phenolic OH excluding ortho intramolecular Hbond substituents is 1. The van der Waals surface area contributed by atoms with Gasteiger partial charge in [-0.15, -0.1) is 0 Å². The average Bonchev–Trinajstić information content (AvgIpc) is 2.54. The van der Waals surface area contributed by atoms with Crippen LogP contribution in [0.1, 0.15) is 17.2 Å². The molecular weight excluding hydrogens is 318 g/mol. The summed E-state index contributed by atoms with van der Waals surface area (Å²) in [7, 11) is -2.22. The van der Waals surface area contributed by atoms with Crippen LogP contribution in [0.3, 0.4) is 0 Å². The second-order valence-corrected chi connectivity index (χ2v) is 7.10. The molecule has 0 aromatic heterocycles. The van der Waals surface area contributed by atoms with Crippen molar-refractivity contribution < 1.29 is 23.4 Å². The summed E-state index contributed by atoms with van der Waals surface area (Å²) in [6.07, 6.45) is -0.680. The minimum atomic E-state index is -3.66. The van der Waals surface area contributed by atoms with E-state index in [0.717, 1.165) is 5.56 Å². The van der Waals surface area contributed by atoms with E-state index in [-0.39, 0.29) is 17.1 Å². The molecule has 23 heavy (non-hydrogen) atoms. The van der Waals surface area contributed by atoms with Gasteiger partial charge in [-0.05, 0) is 30.2 Å². The zero-order valence-electron chi connectivity index (χ0n) is 12.4. The molecule has 2 aromatic rings. The molecule has 3 N–H and O–H groups in total. The Bertz CT molecular complexity index is 834. The molecule has 0 spiro atoms. The highest BCUT2D eigenvalue weighted by atomic mass is 32.2. The second kappa shape index (κ2) is 5.84. The van der Waals surface area contributed by atoms with Crippen molar-refractivity contribution in [3.8, 4) is 11.5 Å². The SMILES string of the molecule is COc1cc(C[C@@H]2NS(=O)(=O)c3ccccc3[C@@H]2O)ccc1O. The number of hydrogen-bond donors (Lipinski definition) is 3. The number of ether oxygens (including phenoxy) is 1. The van der Waals surface area contributed by atoms with Crippen LogP contribution in [0.25, 0.3) is 0 Å². The fraction of sp³-hybridized carbons (Fsp3) is 0.250. The van der Waals surface area contributed by atoms with Crippen molar-refractivity contribution in [3.63, 3.8) is 0 Å². The summed E-state index contributed by atoms with van der Waals surface area (Å²) in [5.74, 6) is 0.308. The highest BCUT2D eigenvalue weighted by Crippen LogP contribution is 2.33. The van der Waals surface area contributed by atoms with Gasteiger partial charge in [0.15, 0.2) is 11.5 Å². The molecule has 0 saturated carbocycles. The van der Waals surface area contributed by atoms with E-state index in [9.17, 15) is 18.6 Å². The fourth-order valence-electron chi connectivity index (χ4n) is 2.77. The van der Waals surface area contributed by atoms with Gasteiger partial charge in [0, 0.05) is 5.56 Å². The third kappa shape index (κ3) is 2.90. The first-order chi connectivity index (χ1) is 10.9. The predicted molar refractivity (Wildman–Crippen MR) is 83.9 cm³/mol. The molecule has 0 amide bonds. The largest absolute Gasteiger partial charge is 0.504 e. The average molecular weight is 335 g/mol. The van der Waals surface area contributed by atoms with Gasteiger partial charge in [0.1, 0.15) is 0 Å². The van der Waals surface area contributed by atoms with Crippen molar-refractivity contribution in [2.45, 2.75) is 23.5 Å². The van der Waals surface area contributed by atoms with E-state index in [0.29, 0.717) is 11.3 Å². The summed E-state index contributed by atoms with van der Waals surface area (Å²) in [6, 6.07) is 10.5. The van der Waals surface area contributed by atoms with Crippen LogP contribution < -0.4 is 9.46 Å². The van der Waals surface area contributed by atoms with E-state index in [1.165, 1.54) is 19.2 Å². The molecule has 1 aliphatic heterocycles. The fourth-order valence-corrected chi connectivity index (χ4v) is 4.26. The zero-order chi connectivity index (χ0) is 16.6. The van der Waals surface area contributed by atoms with E-state index in [1.807, 2.05) is 0 Å². The number of methoxy groups -OCH3 is 1. The van der Waals surface area contributed by atoms with Crippen LogP contribution >= 0.6 is 0 Å². The maximum atomic E-state index is 12.3. The highest BCUT2D eigenvalue weighted by Gasteiger charge is 2.36. The minimum absolute atomic E-state index is 0.00590. The number of nitrogens with one attached hydrogen (secondary N) is 1. The minimum Gasteiger partial charge on any atom is -0.504 e. The Kier molecular flexibility index (Phi) is 4.01. The second-order valence-electron chi connectivity index (χ2n) is 5.42. The van der Waals surface area contributed by atoms with Crippen LogP contribution in [0.15, 0.2) is 47.4 Å². The van der Waals surface area contributed by atoms with Gasteiger partial charge in [0.2, 0.25) is 10.0 Å². The standard InChI is InChI=1S/C16H17NO5S/c1-22-14-9-10(6-7-13(14)18)8-12-16(19)11-4-2-3-5-15(11)23(20,21)17-12/h2-7,9,12,16-19H,8H2,1H3/t12-,16-/m0/s1. The number of hydrogen-bond acceptors (Lipinski definition) is 5. The number of phenols is 1. The summed E-state index contributed by atoms with van der Waals surface area (Å²) in [5, 5.41) is 20.1. The van der Waals surface area contributed by atoms with Crippen molar-refractivity contribution in [2.24, 2.45) is 0 Å². The van der Waals surface area contributed by atoms with Crippen LogP contribution in [0, 0.1) is 0 Å². The molecule has 0 unspecified atom stereocenters. The van der Waals surface area contributed by atoms with Gasteiger partial charge in [-0.1, -0.05) is 24.3 Å². The maximum absolute atomic E-state index is 12.3. The Labute approximate surface area is 134 Å². The molecule has 122 valence electrons. The lowest BCUT2D eigenvalue weighted by Gasteiger charge is -2.30. The topological polar surface area (TPSA) is 95.9 Å². The Morgan fingerprint density at radius 3 is 2.70 bits per heavy atom. The number of rotatable bonds is 3. The van der Waals surface area contributed by atoms with Crippen LogP contribution in [-0.2, 0) is 16.4 Å². The molecule has 7 heteroatoms. The molecule has 1 heterocycles. The number of fused-ring (bicyclic) bond motifs is 1. The number of aliphatic hydroxyl groups is 1. The molecule has 2 aromatic carbocycles. The van der Waals surface area contributed by atoms with Gasteiger partial charge in [0.05, 0.1) is 24.2 Å². The first kappa shape index (κ1) is 15.8. The number of aliphatic hydroxyl groups excluding tert-OH is 1. The summed E-state index contributed by atoms with van der Waals surface area (Å²) in [4.78, 5) is 0.104. The smallest absolute Gasteiger partial charge is 0.241 e. The van der Waals surface area contributed by atoms with Crippen LogP contribution in [-0.4, -0.2) is 31.8 Å². The van der Waals surface area contributed by atoms with E-state index in [2.05, 4.69) is 4.72 Å². The Morgan fingerprint density at radius 1 is 1.22 bits per heavy atom. The van der Waals surface area contributed by atoms with E-state index in [1.54, 1.807) is 30.3 Å². The molecule has 0 aliphatic carbocycles. The molecule has 0 fully saturated rings. The van der Waals surface area contributed by atoms with Gasteiger partial charge in [-0.25, -0.2) is 13.1 Å². The zero-order valence-corrected chi connectivity index (χ0v) is 13.2. The quantitative estimate of drug-likeness (QED) is 0.787. The van der Waals surface area contributed by atoms with Crippen molar-refractivity contribution in [1.82, 2.24) is 4.72 Å². The third-order valence-electron chi connectivity index (χ3n) is 3.91. The van der Waals surface area contributed by atoms with Crippen LogP contribution in [0.4, 0.5) is 0 Å². The molecule has 3 rings (SSSR count). The summed E-state index contributed by atoms with van der Waals surface area (Å²) in [6.45, 7) is 0. The van der Waals surface area contributed by atoms with Crippen molar-refractivity contribution in [3.05, 3.63) is 53.6 Å². The van der Waals surface area contributed by atoms with Crippen molar-refractivity contribution in [2.75, 3.05) is 7.11 Å². The molecule has 2 atom stereocenters. The third-order valence-corrected chi connectivity index (χ3v) is 5.48. The predicted octanol–water partition coefficient (Wildman–Crippen LogP) is 1.34. The van der Waals surface area contributed by atoms with E-state index < -0.39 is 22.2 Å². The van der Waals surface area contributed by atoms with E-state index >= 15 is 0 Å². The van der Waals surface area contributed by atoms with Crippen LogP contribution in [0.2, 0.25) is 0 Å². The van der Waals surface area contributed by atoms with Gasteiger partial charge < -0.3 is 14.9 Å². The number of sulfonamides is 1. The monoisotopic (exact) mass is 335 g/mol. The molecular formula is C16H17NO5S. The van der Waals surface area contributed by atoms with Crippen LogP contribution in [0.5, 0.6) is 11.5 Å². The number of benzene rings is 2. The summed E-state index contributed by atoms with van der Waals surface area (Å²) < 4.78 is 32.2. The maximum Gasteiger partial charge on any atom is 0.241 e. The lowest BCUT2D eigenvalue weighted by atomic mass is 9.96. The van der Waals surface area contributed by atoms with Crippen molar-refractivity contribution in [1.29, 1.82) is 0 Å². The van der Waals surface area contributed by atoms with Crippen molar-refractivity contribution >= 4 is 10.0 Å². The van der Waals surface area contributed by atoms with Gasteiger partial charge >= 0.3 is 0 Å². The van der Waals surface area contributed by atoms with Gasteiger partial charge in [-0.2, -0.15) is 0 Å². The Morgan fingerprint density at radius 2 is 1.96 bits per heavy atom. The Hall–Kier alpha value is -2.09. The highest BCUT2D eigenvalue weighted by molar-refractivity contribution is 7.89. The first-order valence-electron chi connectivity index (χ1n) is 7.07. The summed E-state index contributed by atoms with van der Waals surface area (Å²) in [5.41, 5.74) is 1.13. The Balaban J connectivity index is 1.93. The molecule has 1 aliphatic rings. The molecule has 0 radical (unpaired) electrons. The molecule has 0 saturated heterocycles. The first-order valence-corrected chi connectivity index (χ1v) is 8.56. The number of aromatic hydroxyl groups is 1. The van der Waals surface area contributed by atoms with Gasteiger partial charge in [0.25, 0.3) is 0 Å². The molecule has 6 nitrogen and oxygen atoms in total. The lowest BCUT2D eigenvalue weighted by Crippen LogP contribution is -2.45.